The summed E-state index contributed by atoms with van der Waals surface area (Å²) in [7, 11) is 1.53. The number of hydrogen-bond acceptors (Lipinski definition) is 11. The number of nitrogens with one attached hydrogen (secondary N) is 1. The maximum atomic E-state index is 12.6. The van der Waals surface area contributed by atoms with Crippen LogP contribution in [0.3, 0.4) is 0 Å². The van der Waals surface area contributed by atoms with Crippen LogP contribution in [0.2, 0.25) is 0 Å². The van der Waals surface area contributed by atoms with Gasteiger partial charge in [-0.3, -0.25) is 9.36 Å². The Kier molecular flexibility index (Phi) is 8.02. The molecule has 0 radical (unpaired) electrons. The minimum absolute atomic E-state index is 0.0792. The number of ether oxygens (including phenoxy) is 3. The Morgan fingerprint density at radius 3 is 2.58 bits per heavy atom. The number of para-hydroxylation sites is 2. The summed E-state index contributed by atoms with van der Waals surface area (Å²) < 4.78 is 18.0. The highest BCUT2D eigenvalue weighted by molar-refractivity contribution is 5.83. The van der Waals surface area contributed by atoms with Gasteiger partial charge in [-0.15, -0.1) is 0 Å². The number of imidazole rings is 1. The summed E-state index contributed by atoms with van der Waals surface area (Å²) >= 11 is 0. The maximum absolute atomic E-state index is 12.6. The van der Waals surface area contributed by atoms with Gasteiger partial charge in [-0.1, -0.05) is 18.1 Å². The summed E-state index contributed by atoms with van der Waals surface area (Å²) in [4.78, 5) is 39.8. The van der Waals surface area contributed by atoms with Crippen LogP contribution in [0, 0.1) is 17.8 Å². The zero-order chi connectivity index (χ0) is 30.1. The van der Waals surface area contributed by atoms with Crippen molar-refractivity contribution in [3.05, 3.63) is 36.4 Å². The number of nitrogen functional groups attached to an aromatic ring is 1. The first-order valence-electron chi connectivity index (χ1n) is 14.2. The molecular formula is C29H33N7O7. The maximum Gasteiger partial charge on any atom is 0.415 e. The Hall–Kier alpha value is -4.45. The fraction of sp³-hybridized carbons (Fsp3) is 0.483. The molecule has 3 aromatic rings. The molecule has 2 aliphatic heterocycles. The van der Waals surface area contributed by atoms with Crippen molar-refractivity contribution < 1.29 is 34.0 Å². The highest BCUT2D eigenvalue weighted by Crippen LogP contribution is 2.33. The summed E-state index contributed by atoms with van der Waals surface area (Å²) in [6.45, 7) is 1.09. The molecule has 3 fully saturated rings. The molecule has 1 aliphatic carbocycles. The molecule has 6 rings (SSSR count). The lowest BCUT2D eigenvalue weighted by Crippen LogP contribution is -2.43. The van der Waals surface area contributed by atoms with E-state index in [9.17, 15) is 19.8 Å². The molecular weight excluding hydrogens is 558 g/mol. The van der Waals surface area contributed by atoms with E-state index in [1.807, 2.05) is 0 Å². The summed E-state index contributed by atoms with van der Waals surface area (Å²) in [6.07, 6.45) is -0.330. The third kappa shape index (κ3) is 6.05. The van der Waals surface area contributed by atoms with Gasteiger partial charge in [-0.2, -0.15) is 0 Å². The normalized spacial score (nSPS) is 23.9. The average Bonchev–Trinajstić information content (AvgIpc) is 3.64. The van der Waals surface area contributed by atoms with Gasteiger partial charge < -0.3 is 40.4 Å². The second kappa shape index (κ2) is 12.0. The minimum Gasteiger partial charge on any atom is -0.493 e. The van der Waals surface area contributed by atoms with E-state index in [4.69, 9.17) is 19.9 Å². The van der Waals surface area contributed by atoms with Crippen LogP contribution in [0.15, 0.2) is 30.6 Å². The highest BCUT2D eigenvalue weighted by Gasteiger charge is 2.48. The Labute approximate surface area is 247 Å². The molecule has 2 amide bonds. The number of methoxy groups -OCH3 is 1. The zero-order valence-electron chi connectivity index (χ0n) is 23.5. The van der Waals surface area contributed by atoms with Gasteiger partial charge in [0.15, 0.2) is 35.3 Å². The largest absolute Gasteiger partial charge is 0.493 e. The number of fused-ring (bicyclic) bond motifs is 1. The Balaban J connectivity index is 1.08. The molecule has 4 atom stereocenters. The lowest BCUT2D eigenvalue weighted by Gasteiger charge is -2.30. The van der Waals surface area contributed by atoms with E-state index in [0.29, 0.717) is 31.0 Å². The number of nitrogens with two attached hydrogens (primary N) is 1. The number of benzene rings is 1. The lowest BCUT2D eigenvalue weighted by molar-refractivity contribution is -0.137. The number of amides is 2. The molecule has 14 nitrogen and oxygen atoms in total. The monoisotopic (exact) mass is 591 g/mol. The number of nitrogens with zero attached hydrogens (tertiary/aromatic N) is 5. The fourth-order valence-electron chi connectivity index (χ4n) is 5.25. The molecule has 0 unspecified atom stereocenters. The Morgan fingerprint density at radius 1 is 1.12 bits per heavy atom. The predicted molar refractivity (Wildman–Crippen MR) is 152 cm³/mol. The van der Waals surface area contributed by atoms with E-state index in [-0.39, 0.29) is 34.8 Å². The SMILES string of the molecule is COc1ccccc1OC(=O)N1CCC(CC#Cc2nc(N)c3ncn([C@@H]4O[C@H](C(=O)NC5CC5)[C@@H](O)[C@@H]4O)c3n2)CC1. The van der Waals surface area contributed by atoms with Crippen molar-refractivity contribution in [3.63, 3.8) is 0 Å². The molecule has 0 bridgehead atoms. The summed E-state index contributed by atoms with van der Waals surface area (Å²) in [6, 6.07) is 7.09. The van der Waals surface area contributed by atoms with E-state index in [2.05, 4.69) is 32.1 Å². The minimum atomic E-state index is -1.42. The lowest BCUT2D eigenvalue weighted by atomic mass is 9.94. The first kappa shape index (κ1) is 28.7. The van der Waals surface area contributed by atoms with E-state index in [0.717, 1.165) is 25.7 Å². The number of carbonyl (C=O) groups is 2. The first-order chi connectivity index (χ1) is 20.8. The van der Waals surface area contributed by atoms with Crippen LogP contribution in [-0.2, 0) is 9.53 Å². The van der Waals surface area contributed by atoms with Crippen LogP contribution in [0.25, 0.3) is 11.2 Å². The van der Waals surface area contributed by atoms with Crippen molar-refractivity contribution >= 4 is 29.0 Å². The molecule has 2 aromatic heterocycles. The van der Waals surface area contributed by atoms with E-state index < -0.39 is 36.5 Å². The zero-order valence-corrected chi connectivity index (χ0v) is 23.5. The second-order valence-electron chi connectivity index (χ2n) is 10.9. The van der Waals surface area contributed by atoms with Crippen LogP contribution in [0.1, 0.15) is 44.2 Å². The summed E-state index contributed by atoms with van der Waals surface area (Å²) in [5.74, 6) is 7.03. The molecule has 226 valence electrons. The van der Waals surface area contributed by atoms with Gasteiger partial charge in [0.05, 0.1) is 13.4 Å². The summed E-state index contributed by atoms with van der Waals surface area (Å²) in [5.41, 5.74) is 6.68. The number of carbonyl (C=O) groups excluding carboxylic acids is 2. The molecule has 14 heteroatoms. The number of aliphatic hydroxyl groups is 2. The van der Waals surface area contributed by atoms with Crippen molar-refractivity contribution in [2.24, 2.45) is 5.92 Å². The van der Waals surface area contributed by atoms with Crippen molar-refractivity contribution in [1.82, 2.24) is 29.7 Å². The number of aromatic nitrogens is 4. The number of rotatable bonds is 6. The van der Waals surface area contributed by atoms with Gasteiger partial charge in [-0.25, -0.2) is 19.7 Å². The molecule has 2 saturated heterocycles. The van der Waals surface area contributed by atoms with E-state index >= 15 is 0 Å². The standard InChI is InChI=1S/C29H33N7O7/c1-41-18-6-2-3-7-19(18)42-29(40)35-13-11-16(12-14-35)5-4-8-20-33-25(30)21-26(34-20)36(15-31-21)28-23(38)22(37)24(43-28)27(39)32-17-9-10-17/h2-3,6-7,15-17,22-24,28,37-38H,5,9-14H2,1H3,(H,32,39)(H2,30,33,34)/t22-,23-,24-,28+/m0/s1. The van der Waals surface area contributed by atoms with Gasteiger partial charge in [0.2, 0.25) is 5.82 Å². The molecule has 5 N–H and O–H groups in total. The third-order valence-corrected chi connectivity index (χ3v) is 7.87. The Bertz CT molecular complexity index is 1570. The molecule has 43 heavy (non-hydrogen) atoms. The van der Waals surface area contributed by atoms with Crippen LogP contribution >= 0.6 is 0 Å². The smallest absolute Gasteiger partial charge is 0.415 e. The van der Waals surface area contributed by atoms with Gasteiger partial charge in [0.1, 0.15) is 17.7 Å². The topological polar surface area (TPSA) is 187 Å². The first-order valence-corrected chi connectivity index (χ1v) is 14.2. The second-order valence-corrected chi connectivity index (χ2v) is 10.9. The number of piperidine rings is 1. The van der Waals surface area contributed by atoms with E-state index in [1.165, 1.54) is 18.0 Å². The van der Waals surface area contributed by atoms with Crippen LogP contribution in [0.4, 0.5) is 10.6 Å². The van der Waals surface area contributed by atoms with Crippen LogP contribution in [-0.4, -0.2) is 91.2 Å². The molecule has 1 aromatic carbocycles. The summed E-state index contributed by atoms with van der Waals surface area (Å²) in [5, 5.41) is 24.0. The number of hydrogen-bond donors (Lipinski definition) is 4. The van der Waals surface area contributed by atoms with Gasteiger partial charge in [0, 0.05) is 25.6 Å². The van der Waals surface area contributed by atoms with Crippen molar-refractivity contribution in [2.45, 2.75) is 62.7 Å². The molecule has 0 spiro atoms. The quantitative estimate of drug-likeness (QED) is 0.299. The third-order valence-electron chi connectivity index (χ3n) is 7.87. The van der Waals surface area contributed by atoms with Gasteiger partial charge in [-0.05, 0) is 49.7 Å². The molecule has 3 aliphatic rings. The molecule has 4 heterocycles. The van der Waals surface area contributed by atoms with Crippen molar-refractivity contribution in [3.8, 4) is 23.3 Å². The van der Waals surface area contributed by atoms with Gasteiger partial charge in [0.25, 0.3) is 5.91 Å². The van der Waals surface area contributed by atoms with Gasteiger partial charge >= 0.3 is 6.09 Å². The molecule has 1 saturated carbocycles. The number of likely N-dealkylation sites (tertiary alicyclic amines) is 1. The number of anilines is 1. The van der Waals surface area contributed by atoms with E-state index in [1.54, 1.807) is 29.2 Å². The average molecular weight is 592 g/mol. The highest BCUT2D eigenvalue weighted by atomic mass is 16.6. The van der Waals surface area contributed by atoms with Crippen LogP contribution < -0.4 is 20.5 Å². The Morgan fingerprint density at radius 2 is 1.86 bits per heavy atom. The number of aliphatic hydroxyl groups excluding tert-OH is 2. The fourth-order valence-corrected chi connectivity index (χ4v) is 5.25. The van der Waals surface area contributed by atoms with Crippen molar-refractivity contribution in [2.75, 3.05) is 25.9 Å². The van der Waals surface area contributed by atoms with Crippen molar-refractivity contribution in [1.29, 1.82) is 0 Å². The van der Waals surface area contributed by atoms with Crippen LogP contribution in [0.5, 0.6) is 11.5 Å². The predicted octanol–water partition coefficient (Wildman–Crippen LogP) is 0.968.